The summed E-state index contributed by atoms with van der Waals surface area (Å²) in [6, 6.07) is 0.522. The van der Waals surface area contributed by atoms with Crippen molar-refractivity contribution in [3.8, 4) is 0 Å². The van der Waals surface area contributed by atoms with Crippen LogP contribution in [-0.4, -0.2) is 36.2 Å². The molecule has 2 aromatic rings. The fraction of sp³-hybridized carbons (Fsp3) is 0.538. The van der Waals surface area contributed by atoms with Crippen molar-refractivity contribution in [2.45, 2.75) is 37.9 Å². The van der Waals surface area contributed by atoms with Gasteiger partial charge in [0.2, 0.25) is 5.91 Å². The molecule has 1 aliphatic carbocycles. The maximum atomic E-state index is 12.1. The van der Waals surface area contributed by atoms with Crippen molar-refractivity contribution in [2.24, 2.45) is 7.05 Å². The average molecular weight is 306 g/mol. The van der Waals surface area contributed by atoms with Gasteiger partial charge in [0, 0.05) is 13.1 Å². The Bertz CT molecular complexity index is 672. The van der Waals surface area contributed by atoms with Crippen molar-refractivity contribution in [2.75, 3.05) is 11.1 Å². The lowest BCUT2D eigenvalue weighted by molar-refractivity contribution is -0.113. The molecule has 1 saturated carbocycles. The molecule has 7 nitrogen and oxygen atoms in total. The predicted molar refractivity (Wildman–Crippen MR) is 80.3 cm³/mol. The average Bonchev–Trinajstić information content (AvgIpc) is 3.14. The first-order valence-electron chi connectivity index (χ1n) is 6.88. The van der Waals surface area contributed by atoms with Gasteiger partial charge in [0.25, 0.3) is 0 Å². The number of hydrogen-bond donors (Lipinski definition) is 1. The monoisotopic (exact) mass is 306 g/mol. The van der Waals surface area contributed by atoms with Crippen LogP contribution in [0.2, 0.25) is 0 Å². The van der Waals surface area contributed by atoms with E-state index in [1.54, 1.807) is 11.0 Å². The van der Waals surface area contributed by atoms with E-state index in [-0.39, 0.29) is 5.91 Å². The molecule has 0 atom stereocenters. The Morgan fingerprint density at radius 3 is 2.86 bits per heavy atom. The van der Waals surface area contributed by atoms with Crippen LogP contribution in [0.25, 0.3) is 0 Å². The Kier molecular flexibility index (Phi) is 3.71. The normalized spacial score (nSPS) is 14.4. The summed E-state index contributed by atoms with van der Waals surface area (Å²) >= 11 is 1.42. The fourth-order valence-electron chi connectivity index (χ4n) is 2.20. The molecule has 112 valence electrons. The van der Waals surface area contributed by atoms with Crippen LogP contribution in [0.4, 0.5) is 5.69 Å². The third-order valence-corrected chi connectivity index (χ3v) is 4.54. The molecule has 1 fully saturated rings. The number of aromatic nitrogens is 5. The standard InChI is InChI=1S/C13H18N6OS/c1-8-12(9(2)18(3)17-8)15-11(20)6-21-13-16-14-7-19(13)10-4-5-10/h7,10H,4-6H2,1-3H3,(H,15,20). The first-order valence-corrected chi connectivity index (χ1v) is 7.87. The van der Waals surface area contributed by atoms with Gasteiger partial charge in [-0.25, -0.2) is 0 Å². The van der Waals surface area contributed by atoms with Gasteiger partial charge in [-0.3, -0.25) is 9.48 Å². The van der Waals surface area contributed by atoms with Crippen molar-refractivity contribution < 1.29 is 4.79 Å². The van der Waals surface area contributed by atoms with E-state index in [1.165, 1.54) is 24.6 Å². The van der Waals surface area contributed by atoms with E-state index in [1.807, 2.05) is 20.9 Å². The predicted octanol–water partition coefficient (Wildman–Crippen LogP) is 1.69. The number of carbonyl (C=O) groups excluding carboxylic acids is 1. The second-order valence-electron chi connectivity index (χ2n) is 5.26. The number of aryl methyl sites for hydroxylation is 2. The lowest BCUT2D eigenvalue weighted by Crippen LogP contribution is -2.15. The highest BCUT2D eigenvalue weighted by atomic mass is 32.2. The molecule has 0 saturated heterocycles. The van der Waals surface area contributed by atoms with E-state index in [2.05, 4.69) is 25.2 Å². The minimum atomic E-state index is -0.0513. The van der Waals surface area contributed by atoms with E-state index in [0.717, 1.165) is 22.2 Å². The summed E-state index contributed by atoms with van der Waals surface area (Å²) in [6.45, 7) is 3.83. The molecule has 2 heterocycles. The van der Waals surface area contributed by atoms with Gasteiger partial charge in [0.1, 0.15) is 6.33 Å². The third-order valence-electron chi connectivity index (χ3n) is 3.59. The summed E-state index contributed by atoms with van der Waals surface area (Å²) in [5, 5.41) is 16.0. The van der Waals surface area contributed by atoms with Gasteiger partial charge in [0.15, 0.2) is 5.16 Å². The highest BCUT2D eigenvalue weighted by molar-refractivity contribution is 7.99. The molecule has 0 aromatic carbocycles. The number of anilines is 1. The summed E-state index contributed by atoms with van der Waals surface area (Å²) in [5.41, 5.74) is 2.58. The minimum absolute atomic E-state index is 0.0513. The zero-order chi connectivity index (χ0) is 15.0. The SMILES string of the molecule is Cc1nn(C)c(C)c1NC(=O)CSc1nncn1C1CC1. The van der Waals surface area contributed by atoms with Crippen molar-refractivity contribution in [3.05, 3.63) is 17.7 Å². The van der Waals surface area contributed by atoms with Gasteiger partial charge in [-0.05, 0) is 26.7 Å². The van der Waals surface area contributed by atoms with Gasteiger partial charge in [-0.2, -0.15) is 5.10 Å². The molecule has 0 unspecified atom stereocenters. The number of thioether (sulfide) groups is 1. The van der Waals surface area contributed by atoms with Crippen LogP contribution in [0.15, 0.2) is 11.5 Å². The lowest BCUT2D eigenvalue weighted by atomic mass is 10.3. The fourth-order valence-corrected chi connectivity index (χ4v) is 2.98. The second-order valence-corrected chi connectivity index (χ2v) is 6.20. The number of nitrogens with one attached hydrogen (secondary N) is 1. The molecule has 0 bridgehead atoms. The van der Waals surface area contributed by atoms with Gasteiger partial charge < -0.3 is 9.88 Å². The molecule has 21 heavy (non-hydrogen) atoms. The number of rotatable bonds is 5. The van der Waals surface area contributed by atoms with Crippen molar-refractivity contribution in [1.29, 1.82) is 0 Å². The van der Waals surface area contributed by atoms with Crippen molar-refractivity contribution in [3.63, 3.8) is 0 Å². The zero-order valence-electron chi connectivity index (χ0n) is 12.3. The number of carbonyl (C=O) groups is 1. The number of hydrogen-bond acceptors (Lipinski definition) is 5. The van der Waals surface area contributed by atoms with Gasteiger partial charge in [0.05, 0.1) is 22.8 Å². The third kappa shape index (κ3) is 2.94. The molecular weight excluding hydrogens is 288 g/mol. The van der Waals surface area contributed by atoms with Crippen LogP contribution in [-0.2, 0) is 11.8 Å². The molecular formula is C13H18N6OS. The molecule has 0 spiro atoms. The Hall–Kier alpha value is -1.83. The minimum Gasteiger partial charge on any atom is -0.322 e. The smallest absolute Gasteiger partial charge is 0.234 e. The van der Waals surface area contributed by atoms with Crippen LogP contribution < -0.4 is 5.32 Å². The van der Waals surface area contributed by atoms with Crippen molar-refractivity contribution >= 4 is 23.4 Å². The summed E-state index contributed by atoms with van der Waals surface area (Å²) in [7, 11) is 1.87. The van der Waals surface area contributed by atoms with E-state index < -0.39 is 0 Å². The quantitative estimate of drug-likeness (QED) is 0.851. The van der Waals surface area contributed by atoms with Gasteiger partial charge >= 0.3 is 0 Å². The van der Waals surface area contributed by atoms with Crippen LogP contribution in [0.1, 0.15) is 30.3 Å². The van der Waals surface area contributed by atoms with Crippen LogP contribution in [0, 0.1) is 13.8 Å². The maximum absolute atomic E-state index is 12.1. The molecule has 0 aliphatic heterocycles. The molecule has 1 aliphatic rings. The zero-order valence-corrected chi connectivity index (χ0v) is 13.1. The highest BCUT2D eigenvalue weighted by Gasteiger charge is 2.26. The Balaban J connectivity index is 1.60. The molecule has 3 rings (SSSR count). The second kappa shape index (κ2) is 5.51. The summed E-state index contributed by atoms with van der Waals surface area (Å²) in [4.78, 5) is 12.1. The molecule has 1 N–H and O–H groups in total. The van der Waals surface area contributed by atoms with E-state index in [0.29, 0.717) is 11.8 Å². The first kappa shape index (κ1) is 14.1. The number of amides is 1. The molecule has 1 amide bonds. The topological polar surface area (TPSA) is 77.6 Å². The largest absolute Gasteiger partial charge is 0.322 e. The highest BCUT2D eigenvalue weighted by Crippen LogP contribution is 2.37. The van der Waals surface area contributed by atoms with Crippen LogP contribution in [0.3, 0.4) is 0 Å². The Morgan fingerprint density at radius 1 is 1.48 bits per heavy atom. The van der Waals surface area contributed by atoms with Gasteiger partial charge in [-0.15, -0.1) is 10.2 Å². The summed E-state index contributed by atoms with van der Waals surface area (Å²) < 4.78 is 3.82. The maximum Gasteiger partial charge on any atom is 0.234 e. The van der Waals surface area contributed by atoms with Crippen LogP contribution >= 0.6 is 11.8 Å². The first-order chi connectivity index (χ1) is 10.1. The molecule has 0 radical (unpaired) electrons. The Morgan fingerprint density at radius 2 is 2.24 bits per heavy atom. The van der Waals surface area contributed by atoms with Crippen molar-refractivity contribution in [1.82, 2.24) is 24.5 Å². The summed E-state index contributed by atoms with van der Waals surface area (Å²) in [6.07, 6.45) is 4.09. The number of nitrogens with zero attached hydrogens (tertiary/aromatic N) is 5. The molecule has 2 aromatic heterocycles. The van der Waals surface area contributed by atoms with E-state index >= 15 is 0 Å². The summed E-state index contributed by atoms with van der Waals surface area (Å²) in [5.74, 6) is 0.267. The van der Waals surface area contributed by atoms with Gasteiger partial charge in [-0.1, -0.05) is 11.8 Å². The molecule has 8 heteroatoms. The van der Waals surface area contributed by atoms with E-state index in [4.69, 9.17) is 0 Å². The van der Waals surface area contributed by atoms with Crippen LogP contribution in [0.5, 0.6) is 0 Å². The Labute approximate surface area is 127 Å². The van der Waals surface area contributed by atoms with E-state index in [9.17, 15) is 4.79 Å². The lowest BCUT2D eigenvalue weighted by Gasteiger charge is -2.06.